The van der Waals surface area contributed by atoms with Crippen molar-refractivity contribution in [3.63, 3.8) is 0 Å². The minimum Gasteiger partial charge on any atom is -0.309 e. The minimum atomic E-state index is -2.24. The fraction of sp³-hybridized carbons (Fsp3) is 1.00. The van der Waals surface area contributed by atoms with E-state index in [9.17, 15) is 8.78 Å². The summed E-state index contributed by atoms with van der Waals surface area (Å²) in [6, 6.07) is -0.660. The Bertz CT molecular complexity index is 161. The molecule has 1 saturated carbocycles. The van der Waals surface area contributed by atoms with Crippen LogP contribution in [0.4, 0.5) is 8.78 Å². The van der Waals surface area contributed by atoms with Gasteiger partial charge in [-0.15, -0.1) is 0 Å². The topological polar surface area (TPSA) is 12.0 Å². The summed E-state index contributed by atoms with van der Waals surface area (Å²) in [6.07, 6.45) is 2.73. The van der Waals surface area contributed by atoms with Gasteiger partial charge in [-0.1, -0.05) is 19.8 Å². The van der Waals surface area contributed by atoms with Gasteiger partial charge in [-0.2, -0.15) is 0 Å². The zero-order valence-electron chi connectivity index (χ0n) is 9.10. The average Bonchev–Trinajstić information content (AvgIpc) is 2.14. The number of hydrogen-bond acceptors (Lipinski definition) is 1. The Labute approximate surface area is 85.3 Å². The molecule has 84 valence electrons. The molecule has 0 aromatic heterocycles. The van der Waals surface area contributed by atoms with Crippen LogP contribution in [0.25, 0.3) is 0 Å². The maximum Gasteiger partial charge on any atom is 0.253 e. The molecule has 1 fully saturated rings. The van der Waals surface area contributed by atoms with E-state index < -0.39 is 12.5 Å². The lowest BCUT2D eigenvalue weighted by Crippen LogP contribution is -2.37. The van der Waals surface area contributed by atoms with Gasteiger partial charge in [0.1, 0.15) is 0 Å². The molecule has 0 aromatic carbocycles. The molecular weight excluding hydrogens is 184 g/mol. The minimum absolute atomic E-state index is 0.611. The molecule has 1 aliphatic rings. The summed E-state index contributed by atoms with van der Waals surface area (Å²) in [6.45, 7) is 4.56. The predicted octanol–water partition coefficient (Wildman–Crippen LogP) is 3.06. The number of rotatable bonds is 4. The zero-order valence-corrected chi connectivity index (χ0v) is 9.10. The normalized spacial score (nSPS) is 30.6. The molecule has 0 amide bonds. The molecule has 1 rings (SSSR count). The molecule has 0 aliphatic heterocycles. The largest absolute Gasteiger partial charge is 0.309 e. The molecule has 14 heavy (non-hydrogen) atoms. The van der Waals surface area contributed by atoms with Crippen molar-refractivity contribution in [1.29, 1.82) is 0 Å². The van der Waals surface area contributed by atoms with Crippen molar-refractivity contribution < 1.29 is 8.78 Å². The smallest absolute Gasteiger partial charge is 0.253 e. The molecule has 0 bridgehead atoms. The third kappa shape index (κ3) is 3.91. The Morgan fingerprint density at radius 1 is 1.36 bits per heavy atom. The summed E-state index contributed by atoms with van der Waals surface area (Å²) < 4.78 is 24.4. The van der Waals surface area contributed by atoms with Crippen molar-refractivity contribution in [2.75, 3.05) is 6.54 Å². The van der Waals surface area contributed by atoms with Gasteiger partial charge in [0.05, 0.1) is 6.04 Å². The summed E-state index contributed by atoms with van der Waals surface area (Å²) >= 11 is 0. The van der Waals surface area contributed by atoms with Gasteiger partial charge in [0.25, 0.3) is 6.43 Å². The van der Waals surface area contributed by atoms with Gasteiger partial charge in [-0.3, -0.25) is 0 Å². The standard InChI is InChI=1S/C11H21F2N/c1-8-4-3-5-10(6-8)7-14-9(2)11(12)13/h8-11,14H,3-7H2,1-2H3. The quantitative estimate of drug-likeness (QED) is 0.743. The van der Waals surface area contributed by atoms with Crippen LogP contribution in [-0.2, 0) is 0 Å². The van der Waals surface area contributed by atoms with Gasteiger partial charge < -0.3 is 5.32 Å². The van der Waals surface area contributed by atoms with E-state index in [1.165, 1.54) is 25.7 Å². The van der Waals surface area contributed by atoms with E-state index >= 15 is 0 Å². The van der Waals surface area contributed by atoms with E-state index in [0.717, 1.165) is 12.5 Å². The van der Waals surface area contributed by atoms with Gasteiger partial charge in [0.15, 0.2) is 0 Å². The molecule has 1 N–H and O–H groups in total. The lowest BCUT2D eigenvalue weighted by atomic mass is 9.82. The van der Waals surface area contributed by atoms with Gasteiger partial charge in [-0.25, -0.2) is 8.78 Å². The summed E-state index contributed by atoms with van der Waals surface area (Å²) in [5.41, 5.74) is 0. The van der Waals surface area contributed by atoms with E-state index in [0.29, 0.717) is 5.92 Å². The molecule has 0 aromatic rings. The fourth-order valence-electron chi connectivity index (χ4n) is 2.19. The van der Waals surface area contributed by atoms with E-state index in [1.807, 2.05) is 0 Å². The van der Waals surface area contributed by atoms with Crippen LogP contribution in [-0.4, -0.2) is 19.0 Å². The van der Waals surface area contributed by atoms with Crippen molar-refractivity contribution in [3.05, 3.63) is 0 Å². The molecule has 1 aliphatic carbocycles. The first-order valence-electron chi connectivity index (χ1n) is 5.61. The molecule has 0 saturated heterocycles. The zero-order chi connectivity index (χ0) is 10.6. The number of halogens is 2. The van der Waals surface area contributed by atoms with Gasteiger partial charge in [0.2, 0.25) is 0 Å². The van der Waals surface area contributed by atoms with Crippen molar-refractivity contribution in [1.82, 2.24) is 5.32 Å². The highest BCUT2D eigenvalue weighted by atomic mass is 19.3. The molecular formula is C11H21F2N. The Morgan fingerprint density at radius 3 is 2.64 bits per heavy atom. The number of alkyl halides is 2. The molecule has 3 unspecified atom stereocenters. The maximum atomic E-state index is 12.2. The van der Waals surface area contributed by atoms with E-state index in [-0.39, 0.29) is 0 Å². The fourth-order valence-corrected chi connectivity index (χ4v) is 2.19. The summed E-state index contributed by atoms with van der Waals surface area (Å²) in [4.78, 5) is 0. The molecule has 0 radical (unpaired) electrons. The van der Waals surface area contributed by atoms with Crippen LogP contribution < -0.4 is 5.32 Å². The predicted molar refractivity (Wildman–Crippen MR) is 54.6 cm³/mol. The lowest BCUT2D eigenvalue weighted by Gasteiger charge is -2.28. The average molecular weight is 205 g/mol. The number of hydrogen-bond donors (Lipinski definition) is 1. The van der Waals surface area contributed by atoms with Gasteiger partial charge >= 0.3 is 0 Å². The summed E-state index contributed by atoms with van der Waals surface area (Å²) in [5.74, 6) is 1.39. The Kier molecular flexibility index (Phi) is 4.79. The SMILES string of the molecule is CC1CCCC(CNC(C)C(F)F)C1. The Balaban J connectivity index is 2.17. The van der Waals surface area contributed by atoms with Crippen LogP contribution in [0, 0.1) is 11.8 Å². The van der Waals surface area contributed by atoms with Gasteiger partial charge in [0, 0.05) is 0 Å². The Hall–Kier alpha value is -0.180. The molecule has 1 nitrogen and oxygen atoms in total. The second-order valence-corrected chi connectivity index (χ2v) is 4.67. The molecule has 3 atom stereocenters. The van der Waals surface area contributed by atoms with Crippen LogP contribution in [0.3, 0.4) is 0 Å². The monoisotopic (exact) mass is 205 g/mol. The number of nitrogens with one attached hydrogen (secondary N) is 1. The molecule has 0 spiro atoms. The highest BCUT2D eigenvalue weighted by molar-refractivity contribution is 4.74. The van der Waals surface area contributed by atoms with E-state index in [1.54, 1.807) is 6.92 Å². The maximum absolute atomic E-state index is 12.2. The second-order valence-electron chi connectivity index (χ2n) is 4.67. The van der Waals surface area contributed by atoms with Crippen molar-refractivity contribution in [3.8, 4) is 0 Å². The van der Waals surface area contributed by atoms with Crippen molar-refractivity contribution >= 4 is 0 Å². The highest BCUT2D eigenvalue weighted by Crippen LogP contribution is 2.28. The lowest BCUT2D eigenvalue weighted by molar-refractivity contribution is 0.101. The van der Waals surface area contributed by atoms with E-state index in [2.05, 4.69) is 12.2 Å². The summed E-state index contributed by atoms with van der Waals surface area (Å²) in [7, 11) is 0. The summed E-state index contributed by atoms with van der Waals surface area (Å²) in [5, 5.41) is 2.92. The first kappa shape index (κ1) is 11.9. The van der Waals surface area contributed by atoms with Crippen LogP contribution in [0.5, 0.6) is 0 Å². The second kappa shape index (κ2) is 5.64. The Morgan fingerprint density at radius 2 is 2.07 bits per heavy atom. The van der Waals surface area contributed by atoms with Crippen LogP contribution in [0.2, 0.25) is 0 Å². The first-order chi connectivity index (χ1) is 6.59. The molecule has 0 heterocycles. The van der Waals surface area contributed by atoms with Crippen molar-refractivity contribution in [2.45, 2.75) is 52.0 Å². The van der Waals surface area contributed by atoms with Crippen LogP contribution in [0.15, 0.2) is 0 Å². The van der Waals surface area contributed by atoms with Gasteiger partial charge in [-0.05, 0) is 38.1 Å². The third-order valence-corrected chi connectivity index (χ3v) is 3.15. The van der Waals surface area contributed by atoms with Crippen LogP contribution >= 0.6 is 0 Å². The first-order valence-corrected chi connectivity index (χ1v) is 5.61. The van der Waals surface area contributed by atoms with E-state index in [4.69, 9.17) is 0 Å². The third-order valence-electron chi connectivity index (χ3n) is 3.15. The van der Waals surface area contributed by atoms with Crippen molar-refractivity contribution in [2.24, 2.45) is 11.8 Å². The molecule has 3 heteroatoms. The van der Waals surface area contributed by atoms with Crippen LogP contribution in [0.1, 0.15) is 39.5 Å². The highest BCUT2D eigenvalue weighted by Gasteiger charge is 2.20.